The summed E-state index contributed by atoms with van der Waals surface area (Å²) in [5.41, 5.74) is 6.22. The molecule has 0 aliphatic carbocycles. The summed E-state index contributed by atoms with van der Waals surface area (Å²) in [5.74, 6) is 0.00325. The Labute approximate surface area is 94.0 Å². The van der Waals surface area contributed by atoms with Crippen LogP contribution in [0.3, 0.4) is 0 Å². The smallest absolute Gasteiger partial charge is 0.139 e. The van der Waals surface area contributed by atoms with Crippen LogP contribution in [0.15, 0.2) is 29.4 Å². The highest BCUT2D eigenvalue weighted by molar-refractivity contribution is 5.79. The number of oxime groups is 1. The van der Waals surface area contributed by atoms with Crippen LogP contribution in [0, 0.1) is 5.82 Å². The fraction of sp³-hybridized carbons (Fsp3) is 0.364. The van der Waals surface area contributed by atoms with E-state index in [1.807, 2.05) is 6.07 Å². The summed E-state index contributed by atoms with van der Waals surface area (Å²) in [6, 6.07) is 6.46. The molecule has 1 rings (SSSR count). The van der Waals surface area contributed by atoms with Crippen LogP contribution in [0.2, 0.25) is 0 Å². The molecule has 5 heteroatoms. The molecule has 0 spiro atoms. The lowest BCUT2D eigenvalue weighted by Gasteiger charge is -2.04. The third-order valence-electron chi connectivity index (χ3n) is 2.13. The quantitative estimate of drug-likeness (QED) is 0.225. The molecular weight excluding hydrogens is 209 g/mol. The van der Waals surface area contributed by atoms with Gasteiger partial charge in [0.1, 0.15) is 11.7 Å². The second kappa shape index (κ2) is 6.79. The maximum atomic E-state index is 12.8. The Bertz CT molecular complexity index is 355. The van der Waals surface area contributed by atoms with E-state index in [9.17, 15) is 4.39 Å². The molecule has 0 bridgehead atoms. The third kappa shape index (κ3) is 4.75. The van der Waals surface area contributed by atoms with Crippen molar-refractivity contribution in [3.8, 4) is 0 Å². The second-order valence-electron chi connectivity index (χ2n) is 3.50. The minimum Gasteiger partial charge on any atom is -0.409 e. The van der Waals surface area contributed by atoms with E-state index in [0.29, 0.717) is 13.0 Å². The summed E-state index contributed by atoms with van der Waals surface area (Å²) >= 11 is 0. The van der Waals surface area contributed by atoms with Crippen molar-refractivity contribution in [1.82, 2.24) is 5.32 Å². The number of hydrogen-bond donors (Lipinski definition) is 3. The van der Waals surface area contributed by atoms with Crippen LogP contribution < -0.4 is 11.1 Å². The molecule has 1 aromatic rings. The fourth-order valence-electron chi connectivity index (χ4n) is 1.32. The van der Waals surface area contributed by atoms with Crippen LogP contribution in [0.4, 0.5) is 4.39 Å². The largest absolute Gasteiger partial charge is 0.409 e. The van der Waals surface area contributed by atoms with E-state index >= 15 is 0 Å². The Morgan fingerprint density at radius 1 is 1.50 bits per heavy atom. The Hall–Kier alpha value is -1.62. The summed E-state index contributed by atoms with van der Waals surface area (Å²) in [6.45, 7) is 1.36. The average Bonchev–Trinajstić information content (AvgIpc) is 2.28. The Morgan fingerprint density at radius 2 is 2.31 bits per heavy atom. The SMILES string of the molecule is NC(CCCNCc1cccc(F)c1)=NO. The van der Waals surface area contributed by atoms with Crippen molar-refractivity contribution >= 4 is 5.84 Å². The van der Waals surface area contributed by atoms with E-state index < -0.39 is 0 Å². The normalized spacial score (nSPS) is 11.7. The van der Waals surface area contributed by atoms with Crippen LogP contribution in [0.5, 0.6) is 0 Å². The maximum absolute atomic E-state index is 12.8. The van der Waals surface area contributed by atoms with Gasteiger partial charge >= 0.3 is 0 Å². The Balaban J connectivity index is 2.16. The monoisotopic (exact) mass is 225 g/mol. The zero-order valence-electron chi connectivity index (χ0n) is 8.99. The highest BCUT2D eigenvalue weighted by Crippen LogP contribution is 2.02. The van der Waals surface area contributed by atoms with Crippen LogP contribution in [0.1, 0.15) is 18.4 Å². The molecule has 0 radical (unpaired) electrons. The van der Waals surface area contributed by atoms with Gasteiger partial charge < -0.3 is 16.3 Å². The molecule has 4 N–H and O–H groups in total. The van der Waals surface area contributed by atoms with E-state index in [1.165, 1.54) is 12.1 Å². The predicted molar refractivity (Wildman–Crippen MR) is 60.7 cm³/mol. The van der Waals surface area contributed by atoms with Crippen LogP contribution in [-0.4, -0.2) is 17.6 Å². The first-order valence-corrected chi connectivity index (χ1v) is 5.14. The number of halogens is 1. The highest BCUT2D eigenvalue weighted by atomic mass is 19.1. The zero-order chi connectivity index (χ0) is 11.8. The van der Waals surface area contributed by atoms with E-state index in [1.54, 1.807) is 6.07 Å². The third-order valence-corrected chi connectivity index (χ3v) is 2.13. The Morgan fingerprint density at radius 3 is 3.00 bits per heavy atom. The molecule has 0 aliphatic rings. The number of benzene rings is 1. The van der Waals surface area contributed by atoms with Crippen molar-refractivity contribution in [1.29, 1.82) is 0 Å². The zero-order valence-corrected chi connectivity index (χ0v) is 8.99. The van der Waals surface area contributed by atoms with Gasteiger partial charge in [0.2, 0.25) is 0 Å². The van der Waals surface area contributed by atoms with Gasteiger partial charge in [-0.15, -0.1) is 0 Å². The van der Waals surface area contributed by atoms with Crippen molar-refractivity contribution < 1.29 is 9.60 Å². The molecule has 0 aliphatic heterocycles. The molecule has 0 amide bonds. The number of nitrogens with one attached hydrogen (secondary N) is 1. The average molecular weight is 225 g/mol. The number of amidine groups is 1. The van der Waals surface area contributed by atoms with E-state index in [-0.39, 0.29) is 11.7 Å². The van der Waals surface area contributed by atoms with Crippen molar-refractivity contribution in [2.75, 3.05) is 6.54 Å². The van der Waals surface area contributed by atoms with E-state index in [4.69, 9.17) is 10.9 Å². The van der Waals surface area contributed by atoms with Gasteiger partial charge in [0.05, 0.1) is 0 Å². The number of nitrogens with zero attached hydrogens (tertiary/aromatic N) is 1. The van der Waals surface area contributed by atoms with Crippen LogP contribution in [0.25, 0.3) is 0 Å². The summed E-state index contributed by atoms with van der Waals surface area (Å²) in [4.78, 5) is 0. The van der Waals surface area contributed by atoms with Gasteiger partial charge in [-0.1, -0.05) is 17.3 Å². The highest BCUT2D eigenvalue weighted by Gasteiger charge is 1.96. The van der Waals surface area contributed by atoms with Gasteiger partial charge in [-0.3, -0.25) is 0 Å². The maximum Gasteiger partial charge on any atom is 0.139 e. The number of rotatable bonds is 6. The topological polar surface area (TPSA) is 70.6 Å². The molecule has 1 aromatic carbocycles. The first-order chi connectivity index (χ1) is 7.72. The molecule has 0 unspecified atom stereocenters. The van der Waals surface area contributed by atoms with Crippen LogP contribution >= 0.6 is 0 Å². The predicted octanol–water partition coefficient (Wildman–Crippen LogP) is 1.44. The molecule has 0 atom stereocenters. The van der Waals surface area contributed by atoms with Crippen molar-refractivity contribution in [3.05, 3.63) is 35.6 Å². The summed E-state index contributed by atoms with van der Waals surface area (Å²) in [5, 5.41) is 14.3. The minimum absolute atomic E-state index is 0.226. The van der Waals surface area contributed by atoms with Crippen molar-refractivity contribution in [3.63, 3.8) is 0 Å². The van der Waals surface area contributed by atoms with E-state index in [0.717, 1.165) is 18.5 Å². The first-order valence-electron chi connectivity index (χ1n) is 5.14. The lowest BCUT2D eigenvalue weighted by Crippen LogP contribution is -2.18. The van der Waals surface area contributed by atoms with Crippen LogP contribution in [-0.2, 0) is 6.54 Å². The Kier molecular flexibility index (Phi) is 5.28. The van der Waals surface area contributed by atoms with Gasteiger partial charge in [-0.25, -0.2) is 4.39 Å². The fourth-order valence-corrected chi connectivity index (χ4v) is 1.32. The lowest BCUT2D eigenvalue weighted by atomic mass is 10.2. The van der Waals surface area contributed by atoms with Gasteiger partial charge in [0.25, 0.3) is 0 Å². The van der Waals surface area contributed by atoms with Gasteiger partial charge in [-0.2, -0.15) is 0 Å². The summed E-state index contributed by atoms with van der Waals surface area (Å²) in [6.07, 6.45) is 1.33. The molecule has 88 valence electrons. The molecule has 0 fully saturated rings. The van der Waals surface area contributed by atoms with Gasteiger partial charge in [-0.05, 0) is 30.7 Å². The standard InChI is InChI=1S/C11H16FN3O/c12-10-4-1-3-9(7-10)8-14-6-2-5-11(13)15-16/h1,3-4,7,14,16H,2,5-6,8H2,(H2,13,15). The molecular formula is C11H16FN3O. The first kappa shape index (κ1) is 12.4. The van der Waals surface area contributed by atoms with Crippen molar-refractivity contribution in [2.45, 2.75) is 19.4 Å². The molecule has 4 nitrogen and oxygen atoms in total. The molecule has 0 heterocycles. The van der Waals surface area contributed by atoms with E-state index in [2.05, 4.69) is 10.5 Å². The second-order valence-corrected chi connectivity index (χ2v) is 3.50. The van der Waals surface area contributed by atoms with Crippen molar-refractivity contribution in [2.24, 2.45) is 10.9 Å². The number of nitrogens with two attached hydrogens (primary N) is 1. The minimum atomic E-state index is -0.226. The summed E-state index contributed by atoms with van der Waals surface area (Å²) < 4.78 is 12.8. The van der Waals surface area contributed by atoms with Gasteiger partial charge in [0, 0.05) is 13.0 Å². The molecule has 0 aromatic heterocycles. The molecule has 0 saturated carbocycles. The number of hydrogen-bond acceptors (Lipinski definition) is 3. The van der Waals surface area contributed by atoms with Gasteiger partial charge in [0.15, 0.2) is 0 Å². The summed E-state index contributed by atoms with van der Waals surface area (Å²) in [7, 11) is 0. The lowest BCUT2D eigenvalue weighted by molar-refractivity contribution is 0.316. The molecule has 0 saturated heterocycles. The molecule has 16 heavy (non-hydrogen) atoms.